The van der Waals surface area contributed by atoms with Crippen molar-refractivity contribution in [2.24, 2.45) is 0 Å². The van der Waals surface area contributed by atoms with E-state index in [4.69, 9.17) is 25.4 Å². The van der Waals surface area contributed by atoms with Gasteiger partial charge in [0.15, 0.2) is 17.6 Å². The zero-order valence-corrected chi connectivity index (χ0v) is 16.1. The summed E-state index contributed by atoms with van der Waals surface area (Å²) in [6.07, 6.45) is 5.15. The van der Waals surface area contributed by atoms with Crippen molar-refractivity contribution in [3.8, 4) is 29.6 Å². The summed E-state index contributed by atoms with van der Waals surface area (Å²) in [4.78, 5) is 12.3. The Hall–Kier alpha value is -3.17. The molecule has 0 heterocycles. The largest absolute Gasteiger partial charge is 0.493 e. The molecule has 1 amide bonds. The standard InChI is InChI=1S/C22H25NO5/c1-4-14-27-19-11-10-17(15-20(19)25-2)12-13-23-22(24)21(26-3)16-28-18-8-6-5-7-9-18/h1,5-11,15,21H,12-14,16H2,2-3H3,(H,23,24)/t21-/m1/s1. The third-order valence-corrected chi connectivity index (χ3v) is 3.97. The molecule has 0 aromatic heterocycles. The van der Waals surface area contributed by atoms with Crippen LogP contribution in [0.25, 0.3) is 0 Å². The monoisotopic (exact) mass is 383 g/mol. The van der Waals surface area contributed by atoms with Crippen molar-refractivity contribution in [3.63, 3.8) is 0 Å². The Balaban J connectivity index is 1.82. The molecule has 1 atom stereocenters. The third kappa shape index (κ3) is 6.53. The first-order valence-electron chi connectivity index (χ1n) is 8.89. The van der Waals surface area contributed by atoms with Crippen LogP contribution in [0.5, 0.6) is 17.2 Å². The zero-order chi connectivity index (χ0) is 20.2. The highest BCUT2D eigenvalue weighted by molar-refractivity contribution is 5.80. The first kappa shape index (κ1) is 21.1. The lowest BCUT2D eigenvalue weighted by Crippen LogP contribution is -2.40. The number of ether oxygens (including phenoxy) is 4. The highest BCUT2D eigenvalue weighted by Gasteiger charge is 2.18. The van der Waals surface area contributed by atoms with Crippen LogP contribution in [0.3, 0.4) is 0 Å². The predicted octanol–water partition coefficient (Wildman–Crippen LogP) is 2.46. The average Bonchev–Trinajstić information content (AvgIpc) is 2.73. The van der Waals surface area contributed by atoms with Crippen LogP contribution >= 0.6 is 0 Å². The molecule has 2 rings (SSSR count). The van der Waals surface area contributed by atoms with Gasteiger partial charge in [0.05, 0.1) is 7.11 Å². The summed E-state index contributed by atoms with van der Waals surface area (Å²) < 4.78 is 21.6. The highest BCUT2D eigenvalue weighted by Crippen LogP contribution is 2.28. The quantitative estimate of drug-likeness (QED) is 0.604. The zero-order valence-electron chi connectivity index (χ0n) is 16.1. The Morgan fingerprint density at radius 3 is 2.57 bits per heavy atom. The van der Waals surface area contributed by atoms with Crippen LogP contribution in [-0.4, -0.2) is 46.0 Å². The minimum atomic E-state index is -0.686. The van der Waals surface area contributed by atoms with Gasteiger partial charge in [0, 0.05) is 13.7 Å². The van der Waals surface area contributed by atoms with Crippen LogP contribution in [0.4, 0.5) is 0 Å². The van der Waals surface area contributed by atoms with Crippen molar-refractivity contribution in [1.82, 2.24) is 5.32 Å². The van der Waals surface area contributed by atoms with Gasteiger partial charge in [0.2, 0.25) is 0 Å². The molecule has 0 unspecified atom stereocenters. The Morgan fingerprint density at radius 2 is 1.89 bits per heavy atom. The lowest BCUT2D eigenvalue weighted by molar-refractivity contribution is -0.132. The smallest absolute Gasteiger partial charge is 0.252 e. The van der Waals surface area contributed by atoms with Gasteiger partial charge < -0.3 is 24.3 Å². The molecular weight excluding hydrogens is 358 g/mol. The second kappa shape index (κ2) is 11.5. The number of carbonyl (C=O) groups excluding carboxylic acids is 1. The number of terminal acetylenes is 1. The van der Waals surface area contributed by atoms with Crippen molar-refractivity contribution >= 4 is 5.91 Å². The van der Waals surface area contributed by atoms with Gasteiger partial charge in [0.25, 0.3) is 5.91 Å². The topological polar surface area (TPSA) is 66.0 Å². The van der Waals surface area contributed by atoms with Gasteiger partial charge in [-0.15, -0.1) is 6.42 Å². The molecule has 1 N–H and O–H groups in total. The first-order valence-corrected chi connectivity index (χ1v) is 8.89. The van der Waals surface area contributed by atoms with Crippen molar-refractivity contribution in [3.05, 3.63) is 54.1 Å². The van der Waals surface area contributed by atoms with Gasteiger partial charge >= 0.3 is 0 Å². The molecule has 0 saturated heterocycles. The minimum absolute atomic E-state index is 0.140. The summed E-state index contributed by atoms with van der Waals surface area (Å²) in [6, 6.07) is 14.9. The van der Waals surface area contributed by atoms with E-state index in [1.54, 1.807) is 13.2 Å². The molecule has 6 nitrogen and oxygen atoms in total. The number of carbonyl (C=O) groups is 1. The molecule has 148 valence electrons. The fourth-order valence-electron chi connectivity index (χ4n) is 2.49. The number of methoxy groups -OCH3 is 2. The van der Waals surface area contributed by atoms with Crippen LogP contribution in [0.1, 0.15) is 5.56 Å². The summed E-state index contributed by atoms with van der Waals surface area (Å²) in [6.45, 7) is 0.772. The van der Waals surface area contributed by atoms with E-state index in [0.29, 0.717) is 30.2 Å². The minimum Gasteiger partial charge on any atom is -0.493 e. The van der Waals surface area contributed by atoms with Crippen molar-refractivity contribution in [2.45, 2.75) is 12.5 Å². The number of hydrogen-bond donors (Lipinski definition) is 1. The maximum absolute atomic E-state index is 12.3. The number of benzene rings is 2. The maximum Gasteiger partial charge on any atom is 0.252 e. The summed E-state index contributed by atoms with van der Waals surface area (Å²) in [7, 11) is 3.05. The van der Waals surface area contributed by atoms with Gasteiger partial charge in [-0.05, 0) is 36.2 Å². The van der Waals surface area contributed by atoms with E-state index in [9.17, 15) is 4.79 Å². The normalized spacial score (nSPS) is 11.2. The predicted molar refractivity (Wildman–Crippen MR) is 107 cm³/mol. The van der Waals surface area contributed by atoms with Gasteiger partial charge in [-0.1, -0.05) is 30.2 Å². The fourth-order valence-corrected chi connectivity index (χ4v) is 2.49. The van der Waals surface area contributed by atoms with E-state index in [2.05, 4.69) is 11.2 Å². The average molecular weight is 383 g/mol. The molecule has 0 radical (unpaired) electrons. The molecule has 0 aliphatic heterocycles. The Bertz CT molecular complexity index is 785. The summed E-state index contributed by atoms with van der Waals surface area (Å²) in [5.74, 6) is 4.08. The molecule has 0 spiro atoms. The molecule has 0 bridgehead atoms. The third-order valence-electron chi connectivity index (χ3n) is 3.97. The number of hydrogen-bond acceptors (Lipinski definition) is 5. The van der Waals surface area contributed by atoms with E-state index in [1.807, 2.05) is 42.5 Å². The lowest BCUT2D eigenvalue weighted by atomic mass is 10.1. The molecule has 0 aliphatic carbocycles. The molecule has 28 heavy (non-hydrogen) atoms. The van der Waals surface area contributed by atoms with E-state index >= 15 is 0 Å². The number of para-hydroxylation sites is 1. The Kier molecular flexibility index (Phi) is 8.70. The number of nitrogens with one attached hydrogen (secondary N) is 1. The fraction of sp³-hybridized carbons (Fsp3) is 0.318. The van der Waals surface area contributed by atoms with Crippen molar-refractivity contribution in [1.29, 1.82) is 0 Å². The van der Waals surface area contributed by atoms with Gasteiger partial charge in [-0.2, -0.15) is 0 Å². The first-order chi connectivity index (χ1) is 13.7. The van der Waals surface area contributed by atoms with Crippen LogP contribution in [0.15, 0.2) is 48.5 Å². The molecule has 6 heteroatoms. The Morgan fingerprint density at radius 1 is 1.11 bits per heavy atom. The van der Waals surface area contributed by atoms with Crippen LogP contribution in [0, 0.1) is 12.3 Å². The summed E-state index contributed by atoms with van der Waals surface area (Å²) in [5, 5.41) is 2.86. The van der Waals surface area contributed by atoms with Crippen LogP contribution < -0.4 is 19.5 Å². The highest BCUT2D eigenvalue weighted by atomic mass is 16.5. The van der Waals surface area contributed by atoms with Crippen molar-refractivity contribution in [2.75, 3.05) is 34.0 Å². The molecule has 2 aromatic rings. The van der Waals surface area contributed by atoms with E-state index in [0.717, 1.165) is 5.56 Å². The van der Waals surface area contributed by atoms with Crippen LogP contribution in [-0.2, 0) is 16.0 Å². The second-order valence-corrected chi connectivity index (χ2v) is 5.87. The van der Waals surface area contributed by atoms with E-state index in [-0.39, 0.29) is 19.1 Å². The SMILES string of the molecule is C#CCOc1ccc(CCNC(=O)[C@@H](COc2ccccc2)OC)cc1OC. The summed E-state index contributed by atoms with van der Waals surface area (Å²) in [5.41, 5.74) is 1.000. The Labute approximate surface area is 165 Å². The molecular formula is C22H25NO5. The second-order valence-electron chi connectivity index (χ2n) is 5.87. The van der Waals surface area contributed by atoms with Gasteiger partial charge in [-0.3, -0.25) is 4.79 Å². The molecule has 0 saturated carbocycles. The summed E-state index contributed by atoms with van der Waals surface area (Å²) >= 11 is 0. The molecule has 2 aromatic carbocycles. The number of amides is 1. The van der Waals surface area contributed by atoms with E-state index in [1.165, 1.54) is 7.11 Å². The molecule has 0 aliphatic rings. The lowest BCUT2D eigenvalue weighted by Gasteiger charge is -2.16. The van der Waals surface area contributed by atoms with E-state index < -0.39 is 6.10 Å². The van der Waals surface area contributed by atoms with Gasteiger partial charge in [0.1, 0.15) is 19.0 Å². The van der Waals surface area contributed by atoms with Crippen LogP contribution in [0.2, 0.25) is 0 Å². The van der Waals surface area contributed by atoms with Gasteiger partial charge in [-0.25, -0.2) is 0 Å². The maximum atomic E-state index is 12.3. The number of rotatable bonds is 11. The van der Waals surface area contributed by atoms with Crippen molar-refractivity contribution < 1.29 is 23.7 Å². The molecule has 0 fully saturated rings.